The molecule has 0 fully saturated rings. The molecule has 0 aromatic heterocycles. The molecule has 0 N–H and O–H groups in total. The van der Waals surface area contributed by atoms with E-state index in [4.69, 9.17) is 0 Å². The molecule has 0 saturated carbocycles. The van der Waals surface area contributed by atoms with E-state index in [0.717, 1.165) is 4.47 Å². The van der Waals surface area contributed by atoms with Crippen LogP contribution in [0, 0.1) is 5.82 Å². The second kappa shape index (κ2) is 6.25. The number of thiol groups is 1. The maximum Gasteiger partial charge on any atom is 0.223 e. The summed E-state index contributed by atoms with van der Waals surface area (Å²) in [6, 6.07) is 4.70. The van der Waals surface area contributed by atoms with E-state index in [1.165, 1.54) is 11.0 Å². The topological polar surface area (TPSA) is 20.3 Å². The maximum atomic E-state index is 13.4. The van der Waals surface area contributed by atoms with Crippen LogP contribution in [0.5, 0.6) is 0 Å². The predicted octanol–water partition coefficient (Wildman–Crippen LogP) is 2.87. The molecular formula is C11H13BrFNOS. The van der Waals surface area contributed by atoms with Gasteiger partial charge in [0.25, 0.3) is 0 Å². The van der Waals surface area contributed by atoms with Gasteiger partial charge in [0.05, 0.1) is 0 Å². The Labute approximate surface area is 108 Å². The first-order valence-corrected chi connectivity index (χ1v) is 6.26. The van der Waals surface area contributed by atoms with Gasteiger partial charge in [-0.2, -0.15) is 12.6 Å². The van der Waals surface area contributed by atoms with Crippen molar-refractivity contribution in [1.29, 1.82) is 0 Å². The van der Waals surface area contributed by atoms with Crippen molar-refractivity contribution in [2.75, 3.05) is 12.8 Å². The molecule has 0 radical (unpaired) electrons. The average molecular weight is 306 g/mol. The zero-order valence-corrected chi connectivity index (χ0v) is 11.4. The quantitative estimate of drug-likeness (QED) is 0.848. The fourth-order valence-electron chi connectivity index (χ4n) is 1.29. The van der Waals surface area contributed by atoms with E-state index in [-0.39, 0.29) is 18.3 Å². The summed E-state index contributed by atoms with van der Waals surface area (Å²) in [7, 11) is 1.66. The largest absolute Gasteiger partial charge is 0.341 e. The Hall–Kier alpha value is -0.550. The van der Waals surface area contributed by atoms with Crippen LogP contribution in [0.2, 0.25) is 0 Å². The summed E-state index contributed by atoms with van der Waals surface area (Å²) in [6.45, 7) is 0.276. The van der Waals surface area contributed by atoms with E-state index in [1.807, 2.05) is 0 Å². The number of rotatable bonds is 4. The maximum absolute atomic E-state index is 13.4. The summed E-state index contributed by atoms with van der Waals surface area (Å²) in [6.07, 6.45) is 0.370. The van der Waals surface area contributed by atoms with Crippen molar-refractivity contribution in [2.45, 2.75) is 13.0 Å². The van der Waals surface area contributed by atoms with Crippen LogP contribution in [-0.4, -0.2) is 23.6 Å². The minimum atomic E-state index is -0.297. The third-order valence-corrected chi connectivity index (χ3v) is 2.88. The lowest BCUT2D eigenvalue weighted by Gasteiger charge is -2.17. The Morgan fingerprint density at radius 2 is 2.25 bits per heavy atom. The van der Waals surface area contributed by atoms with Gasteiger partial charge in [0.1, 0.15) is 5.82 Å². The third kappa shape index (κ3) is 3.79. The monoisotopic (exact) mass is 305 g/mol. The molecule has 0 unspecified atom stereocenters. The van der Waals surface area contributed by atoms with E-state index in [1.54, 1.807) is 19.2 Å². The Balaban J connectivity index is 2.72. The third-order valence-electron chi connectivity index (χ3n) is 2.17. The number of nitrogens with zero attached hydrogens (tertiary/aromatic N) is 1. The van der Waals surface area contributed by atoms with E-state index in [9.17, 15) is 9.18 Å². The van der Waals surface area contributed by atoms with Gasteiger partial charge in [-0.15, -0.1) is 0 Å². The van der Waals surface area contributed by atoms with Crippen LogP contribution in [0.3, 0.4) is 0 Å². The molecule has 1 rings (SSSR count). The smallest absolute Gasteiger partial charge is 0.223 e. The van der Waals surface area contributed by atoms with Crippen molar-refractivity contribution >= 4 is 34.5 Å². The molecule has 0 aliphatic heterocycles. The number of carbonyl (C=O) groups is 1. The molecule has 1 amide bonds. The summed E-state index contributed by atoms with van der Waals surface area (Å²) in [5.41, 5.74) is 0.504. The molecule has 88 valence electrons. The Kier molecular flexibility index (Phi) is 5.28. The van der Waals surface area contributed by atoms with Crippen LogP contribution >= 0.6 is 28.6 Å². The lowest BCUT2D eigenvalue weighted by molar-refractivity contribution is -0.129. The zero-order chi connectivity index (χ0) is 12.1. The van der Waals surface area contributed by atoms with E-state index in [2.05, 4.69) is 28.6 Å². The van der Waals surface area contributed by atoms with Gasteiger partial charge in [-0.25, -0.2) is 4.39 Å². The molecular weight excluding hydrogens is 293 g/mol. The number of hydrogen-bond donors (Lipinski definition) is 1. The van der Waals surface area contributed by atoms with Crippen LogP contribution < -0.4 is 0 Å². The van der Waals surface area contributed by atoms with Crippen molar-refractivity contribution in [3.8, 4) is 0 Å². The first kappa shape index (κ1) is 13.5. The number of hydrogen-bond acceptors (Lipinski definition) is 2. The molecule has 0 saturated heterocycles. The van der Waals surface area contributed by atoms with Gasteiger partial charge >= 0.3 is 0 Å². The molecule has 0 atom stereocenters. The minimum Gasteiger partial charge on any atom is -0.341 e. The van der Waals surface area contributed by atoms with Crippen molar-refractivity contribution < 1.29 is 9.18 Å². The van der Waals surface area contributed by atoms with Crippen LogP contribution in [0.15, 0.2) is 22.7 Å². The first-order chi connectivity index (χ1) is 7.54. The minimum absolute atomic E-state index is 0.0330. The normalized spacial score (nSPS) is 10.2. The van der Waals surface area contributed by atoms with Crippen LogP contribution in [0.4, 0.5) is 4.39 Å². The van der Waals surface area contributed by atoms with Crippen LogP contribution in [-0.2, 0) is 11.3 Å². The van der Waals surface area contributed by atoms with Crippen molar-refractivity contribution in [1.82, 2.24) is 4.90 Å². The summed E-state index contributed by atoms with van der Waals surface area (Å²) in [5, 5.41) is 0. The van der Waals surface area contributed by atoms with Gasteiger partial charge < -0.3 is 4.90 Å². The number of carbonyl (C=O) groups excluding carboxylic acids is 1. The lowest BCUT2D eigenvalue weighted by atomic mass is 10.2. The summed E-state index contributed by atoms with van der Waals surface area (Å²) >= 11 is 7.26. The average Bonchev–Trinajstić information content (AvgIpc) is 2.23. The summed E-state index contributed by atoms with van der Waals surface area (Å²) in [4.78, 5) is 13.0. The fourth-order valence-corrected chi connectivity index (χ4v) is 1.89. The Bertz CT molecular complexity index is 386. The second-order valence-electron chi connectivity index (χ2n) is 3.46. The molecule has 1 aromatic carbocycles. The molecule has 5 heteroatoms. The standard InChI is InChI=1S/C11H13BrFNOS/c1-14(11(15)4-5-16)7-8-6-9(12)2-3-10(8)13/h2-3,6,16H,4-5,7H2,1H3. The SMILES string of the molecule is CN(Cc1cc(Br)ccc1F)C(=O)CCS. The predicted molar refractivity (Wildman–Crippen MR) is 69.0 cm³/mol. The van der Waals surface area contributed by atoms with E-state index < -0.39 is 0 Å². The Morgan fingerprint density at radius 3 is 2.88 bits per heavy atom. The highest BCUT2D eigenvalue weighted by molar-refractivity contribution is 9.10. The highest BCUT2D eigenvalue weighted by Crippen LogP contribution is 2.17. The number of halogens is 2. The van der Waals surface area contributed by atoms with Gasteiger partial charge in [0.15, 0.2) is 0 Å². The molecule has 16 heavy (non-hydrogen) atoms. The summed E-state index contributed by atoms with van der Waals surface area (Å²) < 4.78 is 14.2. The van der Waals surface area contributed by atoms with Crippen LogP contribution in [0.1, 0.15) is 12.0 Å². The van der Waals surface area contributed by atoms with Crippen molar-refractivity contribution in [2.24, 2.45) is 0 Å². The van der Waals surface area contributed by atoms with Gasteiger partial charge in [-0.1, -0.05) is 15.9 Å². The van der Waals surface area contributed by atoms with E-state index >= 15 is 0 Å². The van der Waals surface area contributed by atoms with Crippen molar-refractivity contribution in [3.05, 3.63) is 34.1 Å². The first-order valence-electron chi connectivity index (χ1n) is 4.83. The Morgan fingerprint density at radius 1 is 1.56 bits per heavy atom. The molecule has 0 bridgehead atoms. The highest BCUT2D eigenvalue weighted by atomic mass is 79.9. The second-order valence-corrected chi connectivity index (χ2v) is 4.82. The molecule has 2 nitrogen and oxygen atoms in total. The zero-order valence-electron chi connectivity index (χ0n) is 8.91. The molecule has 1 aromatic rings. The number of amides is 1. The highest BCUT2D eigenvalue weighted by Gasteiger charge is 2.11. The summed E-state index contributed by atoms with van der Waals surface area (Å²) in [5.74, 6) is 0.174. The van der Waals surface area contributed by atoms with E-state index in [0.29, 0.717) is 17.7 Å². The molecule has 0 heterocycles. The molecule has 0 aliphatic carbocycles. The van der Waals surface area contributed by atoms with Crippen molar-refractivity contribution in [3.63, 3.8) is 0 Å². The number of benzene rings is 1. The fraction of sp³-hybridized carbons (Fsp3) is 0.364. The van der Waals surface area contributed by atoms with Gasteiger partial charge in [-0.05, 0) is 24.0 Å². The lowest BCUT2D eigenvalue weighted by Crippen LogP contribution is -2.26. The molecule has 0 spiro atoms. The van der Waals surface area contributed by atoms with Gasteiger partial charge in [0, 0.05) is 30.0 Å². The van der Waals surface area contributed by atoms with Gasteiger partial charge in [0.2, 0.25) is 5.91 Å². The van der Waals surface area contributed by atoms with Crippen LogP contribution in [0.25, 0.3) is 0 Å². The van der Waals surface area contributed by atoms with Gasteiger partial charge in [-0.3, -0.25) is 4.79 Å². The molecule has 0 aliphatic rings.